The molecule has 0 spiro atoms. The first-order chi connectivity index (χ1) is 19.8. The number of carbonyl (C=O) groups is 1. The summed E-state index contributed by atoms with van der Waals surface area (Å²) in [6.07, 6.45) is 2.06. The lowest BCUT2D eigenvalue weighted by Gasteiger charge is -2.21. The maximum absolute atomic E-state index is 11.7. The van der Waals surface area contributed by atoms with Crippen molar-refractivity contribution in [2.45, 2.75) is 39.2 Å². The lowest BCUT2D eigenvalue weighted by atomic mass is 10.0. The second-order valence-corrected chi connectivity index (χ2v) is 10.9. The number of rotatable bonds is 9. The van der Waals surface area contributed by atoms with Crippen molar-refractivity contribution in [2.75, 3.05) is 18.0 Å². The second kappa shape index (κ2) is 12.5. The van der Waals surface area contributed by atoms with Gasteiger partial charge in [-0.2, -0.15) is 0 Å². The number of hydrogen-bond acceptors (Lipinski definition) is 5. The van der Waals surface area contributed by atoms with Crippen LogP contribution in [0.25, 0.3) is 11.3 Å². The van der Waals surface area contributed by atoms with Crippen molar-refractivity contribution >= 4 is 46.5 Å². The van der Waals surface area contributed by atoms with Gasteiger partial charge < -0.3 is 19.3 Å². The molecular formula is C32H27Cl3N2O4. The van der Waals surface area contributed by atoms with E-state index in [1.807, 2.05) is 19.9 Å². The number of halogens is 3. The van der Waals surface area contributed by atoms with Gasteiger partial charge in [0.15, 0.2) is 0 Å². The Morgan fingerprint density at radius 3 is 2.39 bits per heavy atom. The molecular weight excluding hydrogens is 583 g/mol. The number of aromatic nitrogens is 1. The fourth-order valence-electron chi connectivity index (χ4n) is 4.61. The third-order valence-corrected chi connectivity index (χ3v) is 7.87. The van der Waals surface area contributed by atoms with E-state index in [1.165, 1.54) is 0 Å². The molecule has 1 aromatic heterocycles. The summed E-state index contributed by atoms with van der Waals surface area (Å²) in [6.45, 7) is 5.75. The van der Waals surface area contributed by atoms with Crippen LogP contribution in [0.3, 0.4) is 0 Å². The summed E-state index contributed by atoms with van der Waals surface area (Å²) in [5.41, 5.74) is 4.18. The summed E-state index contributed by atoms with van der Waals surface area (Å²) < 4.78 is 11.8. The van der Waals surface area contributed by atoms with Crippen LogP contribution in [-0.2, 0) is 6.61 Å². The molecule has 0 radical (unpaired) electrons. The quantitative estimate of drug-likeness (QED) is 0.191. The standard InChI is InChI=1S/C32H27Cl3N2O4/c1-3-37(4-2)23-15-19(14-22(16-23)32(38)39)8-9-20-12-13-24(17-28(20)35)40-18-25-30(36-41-31(25)21-10-11-21)29-26(33)6-5-7-27(29)34/h5-7,12-17,21H,3-4,10-11,18H2,1-2H3,(H,38,39). The largest absolute Gasteiger partial charge is 0.489 e. The molecule has 210 valence electrons. The molecule has 1 aliphatic carbocycles. The van der Waals surface area contributed by atoms with Gasteiger partial charge in [0, 0.05) is 47.5 Å². The van der Waals surface area contributed by atoms with Crippen molar-refractivity contribution in [3.63, 3.8) is 0 Å². The highest BCUT2D eigenvalue weighted by molar-refractivity contribution is 6.39. The fourth-order valence-corrected chi connectivity index (χ4v) is 5.40. The summed E-state index contributed by atoms with van der Waals surface area (Å²) in [7, 11) is 0. The van der Waals surface area contributed by atoms with Crippen molar-refractivity contribution in [2.24, 2.45) is 0 Å². The van der Waals surface area contributed by atoms with Crippen LogP contribution in [0, 0.1) is 11.8 Å². The Bertz CT molecular complexity index is 1640. The molecule has 3 aromatic carbocycles. The molecule has 1 saturated carbocycles. The predicted octanol–water partition coefficient (Wildman–Crippen LogP) is 8.70. The zero-order valence-corrected chi connectivity index (χ0v) is 24.8. The first-order valence-electron chi connectivity index (χ1n) is 13.3. The first-order valence-corrected chi connectivity index (χ1v) is 14.4. The summed E-state index contributed by atoms with van der Waals surface area (Å²) in [5.74, 6) is 6.78. The van der Waals surface area contributed by atoms with E-state index in [0.29, 0.717) is 49.1 Å². The summed E-state index contributed by atoms with van der Waals surface area (Å²) in [6, 6.07) is 15.7. The number of carboxylic acid groups (broad SMARTS) is 1. The molecule has 0 aliphatic heterocycles. The molecule has 4 aromatic rings. The van der Waals surface area contributed by atoms with Crippen LogP contribution in [-0.4, -0.2) is 29.3 Å². The summed E-state index contributed by atoms with van der Waals surface area (Å²) in [5, 5.41) is 15.3. The van der Waals surface area contributed by atoms with E-state index in [1.54, 1.807) is 48.5 Å². The van der Waals surface area contributed by atoms with Crippen molar-refractivity contribution < 1.29 is 19.2 Å². The number of anilines is 1. The summed E-state index contributed by atoms with van der Waals surface area (Å²) >= 11 is 19.5. The minimum Gasteiger partial charge on any atom is -0.489 e. The molecule has 0 bridgehead atoms. The lowest BCUT2D eigenvalue weighted by molar-refractivity contribution is 0.0697. The van der Waals surface area contributed by atoms with Gasteiger partial charge in [-0.15, -0.1) is 0 Å². The van der Waals surface area contributed by atoms with Crippen molar-refractivity contribution in [3.8, 4) is 28.8 Å². The molecule has 6 nitrogen and oxygen atoms in total. The van der Waals surface area contributed by atoms with Gasteiger partial charge in [-0.25, -0.2) is 4.79 Å². The van der Waals surface area contributed by atoms with E-state index in [-0.39, 0.29) is 12.2 Å². The van der Waals surface area contributed by atoms with E-state index in [9.17, 15) is 9.90 Å². The van der Waals surface area contributed by atoms with Crippen LogP contribution in [0.5, 0.6) is 5.75 Å². The van der Waals surface area contributed by atoms with E-state index < -0.39 is 5.97 Å². The highest BCUT2D eigenvalue weighted by atomic mass is 35.5. The molecule has 5 rings (SSSR count). The first kappa shape index (κ1) is 28.9. The van der Waals surface area contributed by atoms with Crippen LogP contribution in [0.15, 0.2) is 59.1 Å². The Balaban J connectivity index is 1.38. The molecule has 0 unspecified atom stereocenters. The average Bonchev–Trinajstić information content (AvgIpc) is 3.72. The molecule has 1 N–H and O–H groups in total. The maximum Gasteiger partial charge on any atom is 0.335 e. The average molecular weight is 610 g/mol. The van der Waals surface area contributed by atoms with Crippen LogP contribution >= 0.6 is 34.8 Å². The SMILES string of the molecule is CCN(CC)c1cc(C#Cc2ccc(OCc3c(-c4c(Cl)cccc4Cl)noc3C3CC3)cc2Cl)cc(C(=O)O)c1. The smallest absolute Gasteiger partial charge is 0.335 e. The number of carboxylic acids is 1. The number of ether oxygens (including phenoxy) is 1. The fraction of sp³-hybridized carbons (Fsp3) is 0.250. The van der Waals surface area contributed by atoms with Gasteiger partial charge in [0.05, 0.1) is 26.2 Å². The van der Waals surface area contributed by atoms with Gasteiger partial charge in [0.2, 0.25) is 0 Å². The zero-order chi connectivity index (χ0) is 29.1. The molecule has 1 fully saturated rings. The summed E-state index contributed by atoms with van der Waals surface area (Å²) in [4.78, 5) is 13.8. The van der Waals surface area contributed by atoms with Gasteiger partial charge in [-0.3, -0.25) is 0 Å². The molecule has 1 aliphatic rings. The predicted molar refractivity (Wildman–Crippen MR) is 163 cm³/mol. The third kappa shape index (κ3) is 6.49. The Hall–Kier alpha value is -3.63. The van der Waals surface area contributed by atoms with Crippen LogP contribution in [0.2, 0.25) is 15.1 Å². The normalized spacial score (nSPS) is 12.5. The van der Waals surface area contributed by atoms with Crippen LogP contribution in [0.1, 0.15) is 65.4 Å². The molecule has 0 atom stereocenters. The number of benzene rings is 3. The Morgan fingerprint density at radius 1 is 1.02 bits per heavy atom. The van der Waals surface area contributed by atoms with Gasteiger partial charge in [-0.05, 0) is 69.2 Å². The van der Waals surface area contributed by atoms with Gasteiger partial charge >= 0.3 is 5.97 Å². The number of hydrogen-bond donors (Lipinski definition) is 1. The Morgan fingerprint density at radius 2 is 1.76 bits per heavy atom. The Labute approximate surface area is 253 Å². The van der Waals surface area contributed by atoms with E-state index in [4.69, 9.17) is 44.1 Å². The lowest BCUT2D eigenvalue weighted by Crippen LogP contribution is -2.22. The van der Waals surface area contributed by atoms with E-state index in [2.05, 4.69) is 21.9 Å². The second-order valence-electron chi connectivity index (χ2n) is 9.67. The minimum absolute atomic E-state index is 0.185. The van der Waals surface area contributed by atoms with E-state index >= 15 is 0 Å². The van der Waals surface area contributed by atoms with E-state index in [0.717, 1.165) is 42.9 Å². The molecule has 9 heteroatoms. The molecule has 0 saturated heterocycles. The van der Waals surface area contributed by atoms with Gasteiger partial charge in [0.25, 0.3) is 0 Å². The minimum atomic E-state index is -1.00. The third-order valence-electron chi connectivity index (χ3n) is 6.92. The van der Waals surface area contributed by atoms with Crippen molar-refractivity contribution in [1.82, 2.24) is 5.16 Å². The monoisotopic (exact) mass is 608 g/mol. The topological polar surface area (TPSA) is 75.8 Å². The molecule has 0 amide bonds. The van der Waals surface area contributed by atoms with Crippen LogP contribution < -0.4 is 9.64 Å². The molecule has 1 heterocycles. The molecule has 41 heavy (non-hydrogen) atoms. The van der Waals surface area contributed by atoms with Gasteiger partial charge in [-0.1, -0.05) is 57.9 Å². The zero-order valence-electron chi connectivity index (χ0n) is 22.5. The number of nitrogens with zero attached hydrogens (tertiary/aromatic N) is 2. The highest BCUT2D eigenvalue weighted by Crippen LogP contribution is 2.46. The number of aromatic carboxylic acids is 1. The highest BCUT2D eigenvalue weighted by Gasteiger charge is 2.33. The Kier molecular flexibility index (Phi) is 8.79. The maximum atomic E-state index is 11.7. The van der Waals surface area contributed by atoms with Crippen molar-refractivity contribution in [3.05, 3.63) is 97.7 Å². The van der Waals surface area contributed by atoms with Crippen molar-refractivity contribution in [1.29, 1.82) is 0 Å². The van der Waals surface area contributed by atoms with Crippen LogP contribution in [0.4, 0.5) is 5.69 Å². The van der Waals surface area contributed by atoms with Gasteiger partial charge in [0.1, 0.15) is 23.8 Å².